The fraction of sp³-hybridized carbons (Fsp3) is 0.235. The van der Waals surface area contributed by atoms with Crippen LogP contribution in [0.25, 0.3) is 0 Å². The summed E-state index contributed by atoms with van der Waals surface area (Å²) in [6, 6.07) is 10.5. The molecule has 0 amide bonds. The number of rotatable bonds is 4. The second-order valence-corrected chi connectivity index (χ2v) is 5.39. The number of nitrogens with zero attached hydrogens (tertiary/aromatic N) is 2. The lowest BCUT2D eigenvalue weighted by Gasteiger charge is -2.11. The van der Waals surface area contributed by atoms with E-state index in [0.29, 0.717) is 5.69 Å². The molecule has 5 heteroatoms. The second kappa shape index (κ2) is 6.39. The normalized spacial score (nSPS) is 11.4. The average Bonchev–Trinajstić information content (AvgIpc) is 2.44. The predicted octanol–water partition coefficient (Wildman–Crippen LogP) is 4.36. The zero-order chi connectivity index (χ0) is 16.3. The molecule has 0 atom stereocenters. The number of anilines is 1. The van der Waals surface area contributed by atoms with Crippen LogP contribution in [-0.2, 0) is 0 Å². The summed E-state index contributed by atoms with van der Waals surface area (Å²) < 4.78 is 0. The summed E-state index contributed by atoms with van der Waals surface area (Å²) in [5, 5.41) is 15.1. The molecular formula is C17H19N3O2. The van der Waals surface area contributed by atoms with Crippen molar-refractivity contribution in [3.63, 3.8) is 0 Å². The SMILES string of the molecule is C/C(=N/Nc1cccc([N+](=O)[O-])c1)c1c(C)cc(C)cc1C. The van der Waals surface area contributed by atoms with E-state index in [1.165, 1.54) is 28.8 Å². The van der Waals surface area contributed by atoms with E-state index in [0.717, 1.165) is 11.3 Å². The van der Waals surface area contributed by atoms with Crippen LogP contribution in [-0.4, -0.2) is 10.6 Å². The van der Waals surface area contributed by atoms with Gasteiger partial charge in [0.25, 0.3) is 5.69 Å². The van der Waals surface area contributed by atoms with Gasteiger partial charge in [0.15, 0.2) is 0 Å². The van der Waals surface area contributed by atoms with E-state index in [2.05, 4.69) is 43.4 Å². The largest absolute Gasteiger partial charge is 0.278 e. The highest BCUT2D eigenvalue weighted by Gasteiger charge is 2.08. The summed E-state index contributed by atoms with van der Waals surface area (Å²) in [6.07, 6.45) is 0. The number of hydrogen-bond donors (Lipinski definition) is 1. The van der Waals surface area contributed by atoms with Crippen LogP contribution in [0.4, 0.5) is 11.4 Å². The summed E-state index contributed by atoms with van der Waals surface area (Å²) in [5.41, 5.74) is 9.03. The number of nitro groups is 1. The summed E-state index contributed by atoms with van der Waals surface area (Å²) in [7, 11) is 0. The predicted molar refractivity (Wildman–Crippen MR) is 89.6 cm³/mol. The first-order valence-electron chi connectivity index (χ1n) is 7.01. The number of nitrogens with one attached hydrogen (secondary N) is 1. The summed E-state index contributed by atoms with van der Waals surface area (Å²) in [6.45, 7) is 8.11. The number of hydrazone groups is 1. The molecule has 0 saturated carbocycles. The lowest BCUT2D eigenvalue weighted by molar-refractivity contribution is -0.384. The van der Waals surface area contributed by atoms with Crippen LogP contribution in [0.15, 0.2) is 41.5 Å². The van der Waals surface area contributed by atoms with Gasteiger partial charge in [0.2, 0.25) is 0 Å². The molecule has 2 aromatic rings. The molecule has 0 aliphatic rings. The first-order valence-corrected chi connectivity index (χ1v) is 7.01. The Balaban J connectivity index is 2.27. The maximum atomic E-state index is 10.8. The number of benzene rings is 2. The smallest absolute Gasteiger partial charge is 0.271 e. The summed E-state index contributed by atoms with van der Waals surface area (Å²) in [4.78, 5) is 10.4. The average molecular weight is 297 g/mol. The summed E-state index contributed by atoms with van der Waals surface area (Å²) in [5.74, 6) is 0. The number of aryl methyl sites for hydroxylation is 3. The van der Waals surface area contributed by atoms with Gasteiger partial charge in [-0.25, -0.2) is 0 Å². The molecule has 5 nitrogen and oxygen atoms in total. The maximum Gasteiger partial charge on any atom is 0.271 e. The molecular weight excluding hydrogens is 278 g/mol. The van der Waals surface area contributed by atoms with Crippen molar-refractivity contribution in [1.29, 1.82) is 0 Å². The van der Waals surface area contributed by atoms with E-state index in [-0.39, 0.29) is 5.69 Å². The van der Waals surface area contributed by atoms with Gasteiger partial charge in [-0.05, 0) is 44.9 Å². The Bertz CT molecular complexity index is 728. The minimum absolute atomic E-state index is 0.0422. The van der Waals surface area contributed by atoms with Crippen molar-refractivity contribution in [3.05, 3.63) is 68.8 Å². The Morgan fingerprint density at radius 1 is 1.14 bits per heavy atom. The zero-order valence-electron chi connectivity index (χ0n) is 13.2. The fourth-order valence-corrected chi connectivity index (χ4v) is 2.64. The molecule has 0 spiro atoms. The van der Waals surface area contributed by atoms with E-state index >= 15 is 0 Å². The molecule has 0 fully saturated rings. The molecule has 22 heavy (non-hydrogen) atoms. The number of nitro benzene ring substituents is 1. The highest BCUT2D eigenvalue weighted by Crippen LogP contribution is 2.19. The van der Waals surface area contributed by atoms with Crippen LogP contribution >= 0.6 is 0 Å². The van der Waals surface area contributed by atoms with Crippen LogP contribution in [0.3, 0.4) is 0 Å². The van der Waals surface area contributed by atoms with Gasteiger partial charge in [-0.1, -0.05) is 23.8 Å². The third-order valence-electron chi connectivity index (χ3n) is 3.45. The molecule has 2 aromatic carbocycles. The van der Waals surface area contributed by atoms with Crippen molar-refractivity contribution in [1.82, 2.24) is 0 Å². The molecule has 0 unspecified atom stereocenters. The van der Waals surface area contributed by atoms with Gasteiger partial charge in [-0.15, -0.1) is 0 Å². The van der Waals surface area contributed by atoms with Crippen LogP contribution < -0.4 is 5.43 Å². The Labute approximate surface area is 129 Å². The summed E-state index contributed by atoms with van der Waals surface area (Å²) >= 11 is 0. The van der Waals surface area contributed by atoms with E-state index < -0.39 is 4.92 Å². The van der Waals surface area contributed by atoms with Gasteiger partial charge in [-0.2, -0.15) is 5.10 Å². The van der Waals surface area contributed by atoms with E-state index in [9.17, 15) is 10.1 Å². The van der Waals surface area contributed by atoms with Crippen molar-refractivity contribution in [2.75, 3.05) is 5.43 Å². The number of non-ortho nitro benzene ring substituents is 1. The Kier molecular flexibility index (Phi) is 4.56. The standard InChI is InChI=1S/C17H19N3O2/c1-11-8-12(2)17(13(3)9-11)14(4)18-19-15-6-5-7-16(10-15)20(21)22/h5-10,19H,1-4H3/b18-14-. The van der Waals surface area contributed by atoms with E-state index in [1.807, 2.05) is 6.92 Å². The molecule has 0 aromatic heterocycles. The molecule has 0 saturated heterocycles. The van der Waals surface area contributed by atoms with E-state index in [1.54, 1.807) is 12.1 Å². The van der Waals surface area contributed by atoms with Gasteiger partial charge < -0.3 is 0 Å². The van der Waals surface area contributed by atoms with Crippen molar-refractivity contribution in [2.24, 2.45) is 5.10 Å². The molecule has 0 heterocycles. The Morgan fingerprint density at radius 3 is 2.36 bits per heavy atom. The fourth-order valence-electron chi connectivity index (χ4n) is 2.64. The third kappa shape index (κ3) is 3.49. The van der Waals surface area contributed by atoms with Crippen LogP contribution in [0.5, 0.6) is 0 Å². The lowest BCUT2D eigenvalue weighted by Crippen LogP contribution is -2.05. The number of hydrogen-bond acceptors (Lipinski definition) is 4. The van der Waals surface area contributed by atoms with Gasteiger partial charge in [0, 0.05) is 17.7 Å². The van der Waals surface area contributed by atoms with Crippen LogP contribution in [0, 0.1) is 30.9 Å². The molecule has 0 aliphatic heterocycles. The van der Waals surface area contributed by atoms with Crippen molar-refractivity contribution in [3.8, 4) is 0 Å². The van der Waals surface area contributed by atoms with Crippen molar-refractivity contribution in [2.45, 2.75) is 27.7 Å². The maximum absolute atomic E-state index is 10.8. The first-order chi connectivity index (χ1) is 10.4. The lowest BCUT2D eigenvalue weighted by atomic mass is 9.97. The highest BCUT2D eigenvalue weighted by atomic mass is 16.6. The van der Waals surface area contributed by atoms with Crippen LogP contribution in [0.1, 0.15) is 29.2 Å². The monoisotopic (exact) mass is 297 g/mol. The molecule has 114 valence electrons. The zero-order valence-corrected chi connectivity index (χ0v) is 13.2. The van der Waals surface area contributed by atoms with Gasteiger partial charge in [0.05, 0.1) is 16.3 Å². The highest BCUT2D eigenvalue weighted by molar-refractivity contribution is 6.01. The van der Waals surface area contributed by atoms with Crippen molar-refractivity contribution >= 4 is 17.1 Å². The first kappa shape index (κ1) is 15.7. The molecule has 0 aliphatic carbocycles. The molecule has 0 radical (unpaired) electrons. The van der Waals surface area contributed by atoms with Crippen LogP contribution in [0.2, 0.25) is 0 Å². The molecule has 1 N–H and O–H groups in total. The minimum atomic E-state index is -0.421. The second-order valence-electron chi connectivity index (χ2n) is 5.39. The topological polar surface area (TPSA) is 67.5 Å². The van der Waals surface area contributed by atoms with Gasteiger partial charge >= 0.3 is 0 Å². The van der Waals surface area contributed by atoms with Gasteiger partial charge in [0.1, 0.15) is 0 Å². The Hall–Kier alpha value is -2.69. The molecule has 2 rings (SSSR count). The minimum Gasteiger partial charge on any atom is -0.278 e. The van der Waals surface area contributed by atoms with Gasteiger partial charge in [-0.3, -0.25) is 15.5 Å². The van der Waals surface area contributed by atoms with E-state index in [4.69, 9.17) is 0 Å². The molecule has 0 bridgehead atoms. The van der Waals surface area contributed by atoms with Crippen molar-refractivity contribution < 1.29 is 4.92 Å². The Morgan fingerprint density at radius 2 is 1.77 bits per heavy atom. The third-order valence-corrected chi connectivity index (χ3v) is 3.45. The quantitative estimate of drug-likeness (QED) is 0.518.